The van der Waals surface area contributed by atoms with E-state index < -0.39 is 17.5 Å². The summed E-state index contributed by atoms with van der Waals surface area (Å²) in [6, 6.07) is 3.76. The smallest absolute Gasteiger partial charge is 0.273 e. The number of piperidine rings is 1. The Hall–Kier alpha value is -2.06. The minimum Gasteiger partial charge on any atom is -0.347 e. The van der Waals surface area contributed by atoms with Crippen molar-refractivity contribution < 1.29 is 13.6 Å². The lowest BCUT2D eigenvalue weighted by Crippen LogP contribution is -2.29. The van der Waals surface area contributed by atoms with Crippen LogP contribution in [0, 0.1) is 11.6 Å². The molecule has 3 rings (SSSR count). The molecule has 1 saturated heterocycles. The number of amides is 1. The maximum Gasteiger partial charge on any atom is 0.273 e. The molecule has 6 nitrogen and oxygen atoms in total. The second-order valence-electron chi connectivity index (χ2n) is 5.50. The highest BCUT2D eigenvalue weighted by molar-refractivity contribution is 5.91. The molecule has 9 heteroatoms. The molecule has 0 spiro atoms. The first-order chi connectivity index (χ1) is 11.1. The zero-order chi connectivity index (χ0) is 16.2. The number of nitrogens with one attached hydrogen (secondary N) is 2. The molecule has 2 heterocycles. The van der Waals surface area contributed by atoms with Gasteiger partial charge in [0, 0.05) is 6.54 Å². The van der Waals surface area contributed by atoms with Crippen molar-refractivity contribution in [3.05, 3.63) is 47.3 Å². The van der Waals surface area contributed by atoms with Crippen molar-refractivity contribution in [1.29, 1.82) is 0 Å². The Labute approximate surface area is 144 Å². The van der Waals surface area contributed by atoms with Crippen LogP contribution in [0.3, 0.4) is 0 Å². The third-order valence-corrected chi connectivity index (χ3v) is 3.86. The summed E-state index contributed by atoms with van der Waals surface area (Å²) in [5, 5.41) is 13.8. The van der Waals surface area contributed by atoms with Gasteiger partial charge in [-0.1, -0.05) is 11.3 Å². The monoisotopic (exact) mass is 357 g/mol. The van der Waals surface area contributed by atoms with Crippen molar-refractivity contribution in [3.63, 3.8) is 0 Å². The number of rotatable bonds is 4. The van der Waals surface area contributed by atoms with Crippen LogP contribution < -0.4 is 10.6 Å². The highest BCUT2D eigenvalue weighted by atomic mass is 35.5. The molecule has 1 fully saturated rings. The van der Waals surface area contributed by atoms with Crippen LogP contribution in [-0.4, -0.2) is 34.0 Å². The van der Waals surface area contributed by atoms with E-state index in [0.29, 0.717) is 5.56 Å². The number of carbonyl (C=O) groups excluding carboxylic acids is 1. The van der Waals surface area contributed by atoms with Crippen molar-refractivity contribution in [2.24, 2.45) is 0 Å². The van der Waals surface area contributed by atoms with E-state index in [-0.39, 0.29) is 30.7 Å². The topological polar surface area (TPSA) is 71.8 Å². The predicted octanol–water partition coefficient (Wildman–Crippen LogP) is 1.83. The fourth-order valence-electron chi connectivity index (χ4n) is 2.55. The number of halogens is 3. The van der Waals surface area contributed by atoms with Crippen molar-refractivity contribution in [2.45, 2.75) is 25.4 Å². The summed E-state index contributed by atoms with van der Waals surface area (Å²) in [5.74, 6) is -2.24. The third-order valence-electron chi connectivity index (χ3n) is 3.86. The summed E-state index contributed by atoms with van der Waals surface area (Å²) in [7, 11) is 0. The molecule has 0 aliphatic carbocycles. The molecule has 1 aliphatic heterocycles. The van der Waals surface area contributed by atoms with Gasteiger partial charge in [0.1, 0.15) is 0 Å². The molecule has 0 atom stereocenters. The number of nitrogens with zero attached hydrogens (tertiary/aromatic N) is 3. The van der Waals surface area contributed by atoms with Crippen LogP contribution in [-0.2, 0) is 6.54 Å². The average Bonchev–Trinajstić information content (AvgIpc) is 3.06. The van der Waals surface area contributed by atoms with Crippen molar-refractivity contribution in [3.8, 4) is 0 Å². The molecule has 2 aromatic rings. The molecule has 130 valence electrons. The quantitative estimate of drug-likeness (QED) is 0.875. The van der Waals surface area contributed by atoms with Crippen molar-refractivity contribution >= 4 is 18.3 Å². The van der Waals surface area contributed by atoms with E-state index in [2.05, 4.69) is 20.9 Å². The molecule has 0 saturated carbocycles. The molecule has 0 radical (unpaired) electrons. The van der Waals surface area contributed by atoms with Gasteiger partial charge in [0.2, 0.25) is 0 Å². The number of carbonyl (C=O) groups is 1. The van der Waals surface area contributed by atoms with E-state index in [1.165, 1.54) is 6.07 Å². The Balaban J connectivity index is 0.00000208. The Kier molecular flexibility index (Phi) is 6.22. The molecule has 0 bridgehead atoms. The molecule has 1 amide bonds. The van der Waals surface area contributed by atoms with Gasteiger partial charge in [-0.05, 0) is 43.6 Å². The Morgan fingerprint density at radius 3 is 2.75 bits per heavy atom. The zero-order valence-electron chi connectivity index (χ0n) is 12.8. The summed E-state index contributed by atoms with van der Waals surface area (Å²) in [4.78, 5) is 12.1. The van der Waals surface area contributed by atoms with Gasteiger partial charge >= 0.3 is 0 Å². The SMILES string of the molecule is Cl.O=C(NCc1ccc(F)c(F)c1)c1cn(C2CCNCC2)nn1. The van der Waals surface area contributed by atoms with Crippen LogP contribution in [0.1, 0.15) is 34.9 Å². The molecule has 0 unspecified atom stereocenters. The Morgan fingerprint density at radius 2 is 2.04 bits per heavy atom. The second-order valence-corrected chi connectivity index (χ2v) is 5.50. The number of aromatic nitrogens is 3. The summed E-state index contributed by atoms with van der Waals surface area (Å²) in [6.45, 7) is 1.93. The van der Waals surface area contributed by atoms with E-state index in [9.17, 15) is 13.6 Å². The lowest BCUT2D eigenvalue weighted by Gasteiger charge is -2.22. The minimum atomic E-state index is -0.936. The zero-order valence-corrected chi connectivity index (χ0v) is 13.7. The summed E-state index contributed by atoms with van der Waals surface area (Å²) in [6.07, 6.45) is 3.51. The first-order valence-corrected chi connectivity index (χ1v) is 7.48. The third kappa shape index (κ3) is 4.27. The van der Waals surface area contributed by atoms with Gasteiger partial charge in [0.05, 0.1) is 12.2 Å². The maximum atomic E-state index is 13.1. The normalized spacial score (nSPS) is 14.9. The number of hydrogen-bond acceptors (Lipinski definition) is 4. The predicted molar refractivity (Wildman–Crippen MR) is 85.9 cm³/mol. The fraction of sp³-hybridized carbons (Fsp3) is 0.400. The number of benzene rings is 1. The van der Waals surface area contributed by atoms with E-state index in [1.807, 2.05) is 0 Å². The standard InChI is InChI=1S/C15H17F2N5O.ClH/c16-12-2-1-10(7-13(12)17)8-19-15(23)14-9-22(21-20-14)11-3-5-18-6-4-11;/h1-2,7,9,11,18H,3-6,8H2,(H,19,23);1H. The fourth-order valence-corrected chi connectivity index (χ4v) is 2.55. The van der Waals surface area contributed by atoms with Gasteiger partial charge in [0.25, 0.3) is 5.91 Å². The van der Waals surface area contributed by atoms with Crippen LogP contribution in [0.5, 0.6) is 0 Å². The Morgan fingerprint density at radius 1 is 1.29 bits per heavy atom. The van der Waals surface area contributed by atoms with E-state index in [1.54, 1.807) is 10.9 Å². The lowest BCUT2D eigenvalue weighted by molar-refractivity contribution is 0.0945. The highest BCUT2D eigenvalue weighted by Gasteiger charge is 2.18. The lowest BCUT2D eigenvalue weighted by atomic mass is 10.1. The first kappa shape index (κ1) is 18.3. The molecule has 1 aromatic carbocycles. The maximum absolute atomic E-state index is 13.1. The first-order valence-electron chi connectivity index (χ1n) is 7.48. The molecule has 1 aliphatic rings. The minimum absolute atomic E-state index is 0. The van der Waals surface area contributed by atoms with Crippen LogP contribution in [0.25, 0.3) is 0 Å². The van der Waals surface area contributed by atoms with Crippen LogP contribution in [0.15, 0.2) is 24.4 Å². The second kappa shape index (κ2) is 8.16. The average molecular weight is 358 g/mol. The van der Waals surface area contributed by atoms with Crippen molar-refractivity contribution in [2.75, 3.05) is 13.1 Å². The van der Waals surface area contributed by atoms with Crippen LogP contribution in [0.4, 0.5) is 8.78 Å². The molecular weight excluding hydrogens is 340 g/mol. The summed E-state index contributed by atoms with van der Waals surface area (Å²) < 4.78 is 27.7. The largest absolute Gasteiger partial charge is 0.347 e. The number of hydrogen-bond donors (Lipinski definition) is 2. The van der Waals surface area contributed by atoms with E-state index in [0.717, 1.165) is 38.1 Å². The van der Waals surface area contributed by atoms with E-state index >= 15 is 0 Å². The van der Waals surface area contributed by atoms with Gasteiger partial charge in [0.15, 0.2) is 17.3 Å². The highest BCUT2D eigenvalue weighted by Crippen LogP contribution is 2.17. The van der Waals surface area contributed by atoms with Crippen molar-refractivity contribution in [1.82, 2.24) is 25.6 Å². The summed E-state index contributed by atoms with van der Waals surface area (Å²) >= 11 is 0. The van der Waals surface area contributed by atoms with Gasteiger partial charge in [-0.3, -0.25) is 4.79 Å². The Bertz CT molecular complexity index is 703. The van der Waals surface area contributed by atoms with Gasteiger partial charge in [-0.15, -0.1) is 17.5 Å². The van der Waals surface area contributed by atoms with E-state index in [4.69, 9.17) is 0 Å². The van der Waals surface area contributed by atoms with Gasteiger partial charge < -0.3 is 10.6 Å². The van der Waals surface area contributed by atoms with Gasteiger partial charge in [-0.25, -0.2) is 13.5 Å². The summed E-state index contributed by atoms with van der Waals surface area (Å²) in [5.41, 5.74) is 0.689. The molecule has 24 heavy (non-hydrogen) atoms. The molecule has 2 N–H and O–H groups in total. The van der Waals surface area contributed by atoms with Crippen LogP contribution >= 0.6 is 12.4 Å². The van der Waals surface area contributed by atoms with Crippen LogP contribution in [0.2, 0.25) is 0 Å². The van der Waals surface area contributed by atoms with Gasteiger partial charge in [-0.2, -0.15) is 0 Å². The molecular formula is C15H18ClF2N5O. The molecule has 1 aromatic heterocycles.